The summed E-state index contributed by atoms with van der Waals surface area (Å²) in [7, 11) is 0. The first-order valence-corrected chi connectivity index (χ1v) is 7.54. The van der Waals surface area contributed by atoms with Gasteiger partial charge in [0.1, 0.15) is 0 Å². The molecule has 0 aliphatic rings. The van der Waals surface area contributed by atoms with Crippen molar-refractivity contribution in [1.29, 1.82) is 0 Å². The van der Waals surface area contributed by atoms with Crippen molar-refractivity contribution < 1.29 is 0 Å². The summed E-state index contributed by atoms with van der Waals surface area (Å²) in [5.41, 5.74) is 7.38. The van der Waals surface area contributed by atoms with E-state index >= 15 is 0 Å². The maximum Gasteiger partial charge on any atom is -0.00456 e. The lowest BCUT2D eigenvalue weighted by atomic mass is 9.85. The first kappa shape index (κ1) is 15.2. The van der Waals surface area contributed by atoms with Gasteiger partial charge in [0.05, 0.1) is 0 Å². The Morgan fingerprint density at radius 3 is 2.33 bits per heavy atom. The molecule has 0 aliphatic heterocycles. The van der Waals surface area contributed by atoms with E-state index in [0.29, 0.717) is 5.92 Å². The fraction of sp³-hybridized carbons (Fsp3) is 0.647. The molecule has 1 heteroatoms. The van der Waals surface area contributed by atoms with Crippen LogP contribution in [-0.4, -0.2) is 6.54 Å². The highest BCUT2D eigenvalue weighted by molar-refractivity contribution is 5.15. The van der Waals surface area contributed by atoms with E-state index in [-0.39, 0.29) is 0 Å². The van der Waals surface area contributed by atoms with E-state index < -0.39 is 0 Å². The Morgan fingerprint density at radius 2 is 1.78 bits per heavy atom. The molecule has 1 rings (SSSR count). The minimum Gasteiger partial charge on any atom is -0.330 e. The molecule has 102 valence electrons. The lowest BCUT2D eigenvalue weighted by molar-refractivity contribution is 0.339. The van der Waals surface area contributed by atoms with Crippen LogP contribution >= 0.6 is 0 Å². The largest absolute Gasteiger partial charge is 0.330 e. The highest BCUT2D eigenvalue weighted by Gasteiger charge is 2.14. The number of hydrogen-bond acceptors (Lipinski definition) is 1. The van der Waals surface area contributed by atoms with Crippen LogP contribution in [0.3, 0.4) is 0 Å². The lowest BCUT2D eigenvalue weighted by Crippen LogP contribution is -2.20. The standard InChI is InChI=1S/C17H29N/c1-3-5-9-15(4-2)12-17(14-18)13-16-10-7-6-8-11-16/h6-8,10-11,15,17H,3-5,9,12-14,18H2,1-2H3. The topological polar surface area (TPSA) is 26.0 Å². The zero-order valence-corrected chi connectivity index (χ0v) is 12.1. The van der Waals surface area contributed by atoms with Gasteiger partial charge in [0, 0.05) is 0 Å². The van der Waals surface area contributed by atoms with Gasteiger partial charge in [0.25, 0.3) is 0 Å². The second-order valence-electron chi connectivity index (χ2n) is 5.44. The van der Waals surface area contributed by atoms with Crippen molar-refractivity contribution in [3.8, 4) is 0 Å². The Balaban J connectivity index is 2.45. The average Bonchev–Trinajstić information content (AvgIpc) is 2.43. The second kappa shape index (κ2) is 9.16. The molecule has 2 atom stereocenters. The number of hydrogen-bond donors (Lipinski definition) is 1. The predicted octanol–water partition coefficient (Wildman–Crippen LogP) is 4.41. The van der Waals surface area contributed by atoms with Crippen LogP contribution in [0.4, 0.5) is 0 Å². The molecule has 0 bridgehead atoms. The van der Waals surface area contributed by atoms with Crippen LogP contribution in [0.1, 0.15) is 51.5 Å². The molecule has 2 N–H and O–H groups in total. The Kier molecular flexibility index (Phi) is 7.75. The first-order valence-electron chi connectivity index (χ1n) is 7.54. The number of unbranched alkanes of at least 4 members (excludes halogenated alkanes) is 1. The fourth-order valence-corrected chi connectivity index (χ4v) is 2.66. The summed E-state index contributed by atoms with van der Waals surface area (Å²) in [5, 5.41) is 0. The summed E-state index contributed by atoms with van der Waals surface area (Å²) in [6, 6.07) is 10.8. The van der Waals surface area contributed by atoms with Gasteiger partial charge >= 0.3 is 0 Å². The molecule has 0 spiro atoms. The number of nitrogens with two attached hydrogens (primary N) is 1. The third kappa shape index (κ3) is 5.68. The molecule has 0 saturated carbocycles. The van der Waals surface area contributed by atoms with Crippen LogP contribution in [0.2, 0.25) is 0 Å². The van der Waals surface area contributed by atoms with Crippen LogP contribution in [0.15, 0.2) is 30.3 Å². The van der Waals surface area contributed by atoms with E-state index in [1.807, 2.05) is 0 Å². The highest BCUT2D eigenvalue weighted by atomic mass is 14.5. The molecule has 1 nitrogen and oxygen atoms in total. The van der Waals surface area contributed by atoms with Crippen LogP contribution in [0.25, 0.3) is 0 Å². The second-order valence-corrected chi connectivity index (χ2v) is 5.44. The van der Waals surface area contributed by atoms with Gasteiger partial charge in [-0.05, 0) is 36.8 Å². The molecule has 0 heterocycles. The highest BCUT2D eigenvalue weighted by Crippen LogP contribution is 2.23. The molecule has 0 amide bonds. The van der Waals surface area contributed by atoms with Gasteiger partial charge in [-0.15, -0.1) is 0 Å². The summed E-state index contributed by atoms with van der Waals surface area (Å²) < 4.78 is 0. The predicted molar refractivity (Wildman–Crippen MR) is 80.6 cm³/mol. The molecule has 2 unspecified atom stereocenters. The van der Waals surface area contributed by atoms with Crippen LogP contribution in [0, 0.1) is 11.8 Å². The van der Waals surface area contributed by atoms with Gasteiger partial charge in [0.2, 0.25) is 0 Å². The molecule has 18 heavy (non-hydrogen) atoms. The fourth-order valence-electron chi connectivity index (χ4n) is 2.66. The summed E-state index contributed by atoms with van der Waals surface area (Å²) in [4.78, 5) is 0. The maximum atomic E-state index is 5.95. The molecule has 0 radical (unpaired) electrons. The van der Waals surface area contributed by atoms with Crippen molar-refractivity contribution in [2.75, 3.05) is 6.54 Å². The molecule has 1 aromatic carbocycles. The molecular formula is C17H29N. The number of benzene rings is 1. The molecule has 0 saturated heterocycles. The minimum absolute atomic E-state index is 0.647. The zero-order chi connectivity index (χ0) is 13.2. The summed E-state index contributed by atoms with van der Waals surface area (Å²) in [5.74, 6) is 1.51. The van der Waals surface area contributed by atoms with E-state index in [1.54, 1.807) is 0 Å². The van der Waals surface area contributed by atoms with Crippen molar-refractivity contribution in [3.05, 3.63) is 35.9 Å². The van der Waals surface area contributed by atoms with E-state index in [0.717, 1.165) is 18.9 Å². The normalized spacial score (nSPS) is 14.4. The third-order valence-corrected chi connectivity index (χ3v) is 3.91. The van der Waals surface area contributed by atoms with Crippen LogP contribution in [-0.2, 0) is 6.42 Å². The average molecular weight is 247 g/mol. The zero-order valence-electron chi connectivity index (χ0n) is 12.1. The van der Waals surface area contributed by atoms with Gasteiger partial charge in [-0.1, -0.05) is 69.9 Å². The van der Waals surface area contributed by atoms with E-state index in [9.17, 15) is 0 Å². The molecule has 0 fully saturated rings. The van der Waals surface area contributed by atoms with Gasteiger partial charge in [-0.25, -0.2) is 0 Å². The van der Waals surface area contributed by atoms with E-state index in [1.165, 1.54) is 37.7 Å². The van der Waals surface area contributed by atoms with E-state index in [4.69, 9.17) is 5.73 Å². The summed E-state index contributed by atoms with van der Waals surface area (Å²) in [6.07, 6.45) is 7.77. The van der Waals surface area contributed by atoms with Crippen molar-refractivity contribution in [2.24, 2.45) is 17.6 Å². The van der Waals surface area contributed by atoms with Crippen LogP contribution in [0.5, 0.6) is 0 Å². The van der Waals surface area contributed by atoms with Gasteiger partial charge in [0.15, 0.2) is 0 Å². The molecule has 1 aromatic rings. The van der Waals surface area contributed by atoms with Crippen molar-refractivity contribution >= 4 is 0 Å². The van der Waals surface area contributed by atoms with Gasteiger partial charge in [-0.3, -0.25) is 0 Å². The number of rotatable bonds is 9. The quantitative estimate of drug-likeness (QED) is 0.687. The Hall–Kier alpha value is -0.820. The minimum atomic E-state index is 0.647. The lowest BCUT2D eigenvalue weighted by Gasteiger charge is -2.21. The van der Waals surface area contributed by atoms with Gasteiger partial charge in [-0.2, -0.15) is 0 Å². The van der Waals surface area contributed by atoms with E-state index in [2.05, 4.69) is 44.2 Å². The third-order valence-electron chi connectivity index (χ3n) is 3.91. The first-order chi connectivity index (χ1) is 8.80. The maximum absolute atomic E-state index is 5.95. The Morgan fingerprint density at radius 1 is 1.06 bits per heavy atom. The summed E-state index contributed by atoms with van der Waals surface area (Å²) >= 11 is 0. The van der Waals surface area contributed by atoms with Gasteiger partial charge < -0.3 is 5.73 Å². The van der Waals surface area contributed by atoms with Crippen molar-refractivity contribution in [3.63, 3.8) is 0 Å². The Bertz CT molecular complexity index is 294. The van der Waals surface area contributed by atoms with Crippen molar-refractivity contribution in [2.45, 2.75) is 52.4 Å². The summed E-state index contributed by atoms with van der Waals surface area (Å²) in [6.45, 7) is 5.41. The van der Waals surface area contributed by atoms with Crippen LogP contribution < -0.4 is 5.73 Å². The SMILES string of the molecule is CCCCC(CC)CC(CN)Cc1ccccc1. The Labute approximate surface area is 113 Å². The van der Waals surface area contributed by atoms with Crippen molar-refractivity contribution in [1.82, 2.24) is 0 Å². The smallest absolute Gasteiger partial charge is 0.00456 e. The monoisotopic (exact) mass is 247 g/mol. The molecule has 0 aliphatic carbocycles. The molecular weight excluding hydrogens is 218 g/mol. The molecule has 0 aromatic heterocycles.